The monoisotopic (exact) mass is 309 g/mol. The van der Waals surface area contributed by atoms with Crippen LogP contribution < -0.4 is 11.1 Å². The van der Waals surface area contributed by atoms with Crippen molar-refractivity contribution in [1.29, 1.82) is 0 Å². The number of rotatable bonds is 5. The second-order valence-electron chi connectivity index (χ2n) is 4.09. The summed E-state index contributed by atoms with van der Waals surface area (Å²) in [4.78, 5) is 11.9. The van der Waals surface area contributed by atoms with Gasteiger partial charge >= 0.3 is 0 Å². The third-order valence-corrected chi connectivity index (χ3v) is 2.79. The Labute approximate surface area is 125 Å². The van der Waals surface area contributed by atoms with Crippen LogP contribution in [0.4, 0.5) is 10.1 Å². The van der Waals surface area contributed by atoms with Gasteiger partial charge in [-0.2, -0.15) is 0 Å². The summed E-state index contributed by atoms with van der Waals surface area (Å²) in [6, 6.07) is 5.56. The lowest BCUT2D eigenvalue weighted by Gasteiger charge is -2.09. The molecule has 1 aromatic heterocycles. The van der Waals surface area contributed by atoms with Crippen molar-refractivity contribution in [3.8, 4) is 0 Å². The summed E-state index contributed by atoms with van der Waals surface area (Å²) in [6.45, 7) is 0.193. The first kappa shape index (κ1) is 15.1. The van der Waals surface area contributed by atoms with Gasteiger partial charge in [0.1, 0.15) is 17.4 Å². The quantitative estimate of drug-likeness (QED) is 0.819. The zero-order valence-corrected chi connectivity index (χ0v) is 11.9. The molecule has 6 nitrogen and oxygen atoms in total. The first-order valence-corrected chi connectivity index (χ1v) is 6.28. The van der Waals surface area contributed by atoms with Gasteiger partial charge in [0.2, 0.25) is 0 Å². The second kappa shape index (κ2) is 6.42. The van der Waals surface area contributed by atoms with E-state index >= 15 is 0 Å². The van der Waals surface area contributed by atoms with Crippen LogP contribution >= 0.6 is 12.2 Å². The predicted octanol–water partition coefficient (Wildman–Crippen LogP) is 1.85. The molecule has 21 heavy (non-hydrogen) atoms. The van der Waals surface area contributed by atoms with Crippen LogP contribution in [0.15, 0.2) is 28.8 Å². The molecular formula is C13H12FN3O3S. The van der Waals surface area contributed by atoms with Crippen LogP contribution in [0.3, 0.4) is 0 Å². The van der Waals surface area contributed by atoms with E-state index in [1.165, 1.54) is 31.4 Å². The van der Waals surface area contributed by atoms with E-state index in [0.717, 1.165) is 0 Å². The Morgan fingerprint density at radius 1 is 1.57 bits per heavy atom. The number of methoxy groups -OCH3 is 1. The average molecular weight is 309 g/mol. The maximum atomic E-state index is 13.7. The van der Waals surface area contributed by atoms with E-state index in [0.29, 0.717) is 5.76 Å². The summed E-state index contributed by atoms with van der Waals surface area (Å²) in [7, 11) is 1.49. The molecule has 1 amide bonds. The Bertz CT molecular complexity index is 687. The molecule has 0 fully saturated rings. The molecule has 110 valence electrons. The fourth-order valence-corrected chi connectivity index (χ4v) is 1.90. The Morgan fingerprint density at radius 3 is 3.00 bits per heavy atom. The number of carbonyl (C=O) groups is 1. The lowest BCUT2D eigenvalue weighted by molar-refractivity contribution is 0.101. The molecule has 1 heterocycles. The molecule has 3 N–H and O–H groups in total. The highest BCUT2D eigenvalue weighted by atomic mass is 32.1. The first-order chi connectivity index (χ1) is 10.0. The predicted molar refractivity (Wildman–Crippen MR) is 77.5 cm³/mol. The van der Waals surface area contributed by atoms with Crippen molar-refractivity contribution in [2.45, 2.75) is 6.61 Å². The summed E-state index contributed by atoms with van der Waals surface area (Å²) in [5.41, 5.74) is 5.65. The molecule has 2 rings (SSSR count). The molecule has 0 aliphatic heterocycles. The van der Waals surface area contributed by atoms with Gasteiger partial charge in [-0.15, -0.1) is 0 Å². The van der Waals surface area contributed by atoms with Gasteiger partial charge in [0.25, 0.3) is 5.91 Å². The van der Waals surface area contributed by atoms with E-state index in [2.05, 4.69) is 10.5 Å². The van der Waals surface area contributed by atoms with Gasteiger partial charge < -0.3 is 20.3 Å². The van der Waals surface area contributed by atoms with Crippen LogP contribution in [0.25, 0.3) is 0 Å². The van der Waals surface area contributed by atoms with Crippen molar-refractivity contribution >= 4 is 28.8 Å². The van der Waals surface area contributed by atoms with Crippen molar-refractivity contribution in [2.75, 3.05) is 12.4 Å². The molecule has 0 bridgehead atoms. The average Bonchev–Trinajstić information content (AvgIpc) is 2.87. The van der Waals surface area contributed by atoms with Crippen LogP contribution in [0.1, 0.15) is 21.8 Å². The molecule has 8 heteroatoms. The highest BCUT2D eigenvalue weighted by Gasteiger charge is 2.17. The summed E-state index contributed by atoms with van der Waals surface area (Å²) in [5.74, 6) is -0.777. The summed E-state index contributed by atoms with van der Waals surface area (Å²) in [6.07, 6.45) is 0. The van der Waals surface area contributed by atoms with Gasteiger partial charge in [0.05, 0.1) is 11.3 Å². The van der Waals surface area contributed by atoms with Crippen LogP contribution in [0.2, 0.25) is 0 Å². The zero-order valence-electron chi connectivity index (χ0n) is 11.1. The number of hydrogen-bond donors (Lipinski definition) is 2. The molecule has 0 aliphatic carbocycles. The van der Waals surface area contributed by atoms with Crippen molar-refractivity contribution in [1.82, 2.24) is 5.16 Å². The van der Waals surface area contributed by atoms with Crippen molar-refractivity contribution in [3.05, 3.63) is 47.1 Å². The maximum absolute atomic E-state index is 13.7. The van der Waals surface area contributed by atoms with Crippen molar-refractivity contribution in [3.63, 3.8) is 0 Å². The van der Waals surface area contributed by atoms with Crippen LogP contribution in [-0.2, 0) is 11.3 Å². The normalized spacial score (nSPS) is 10.4. The van der Waals surface area contributed by atoms with Gasteiger partial charge in [-0.25, -0.2) is 4.39 Å². The minimum absolute atomic E-state index is 0.0264. The number of nitrogens with two attached hydrogens (primary N) is 1. The zero-order chi connectivity index (χ0) is 15.4. The molecule has 2 aromatic rings. The number of benzene rings is 1. The topological polar surface area (TPSA) is 90.4 Å². The van der Waals surface area contributed by atoms with E-state index in [-0.39, 0.29) is 28.5 Å². The maximum Gasteiger partial charge on any atom is 0.277 e. The minimum atomic E-state index is -0.611. The lowest BCUT2D eigenvalue weighted by Crippen LogP contribution is -2.19. The standard InChI is InChI=1S/C13H12FN3O3S/c1-19-6-7-5-10(17-20-7)13(18)16-9-4-2-3-8(14)11(9)12(15)21/h2-5H,6H2,1H3,(H2,15,21)(H,16,18). The SMILES string of the molecule is COCc1cc(C(=O)Nc2cccc(F)c2C(N)=S)no1. The Kier molecular flexibility index (Phi) is 4.61. The second-order valence-corrected chi connectivity index (χ2v) is 4.53. The van der Waals surface area contributed by atoms with Gasteiger partial charge in [0.15, 0.2) is 11.5 Å². The van der Waals surface area contributed by atoms with E-state index in [9.17, 15) is 9.18 Å². The smallest absolute Gasteiger partial charge is 0.277 e. The van der Waals surface area contributed by atoms with Gasteiger partial charge in [-0.3, -0.25) is 4.79 Å². The van der Waals surface area contributed by atoms with Crippen LogP contribution in [0.5, 0.6) is 0 Å². The lowest BCUT2D eigenvalue weighted by atomic mass is 10.1. The van der Waals surface area contributed by atoms with Crippen LogP contribution in [0, 0.1) is 5.82 Å². The molecule has 0 spiro atoms. The number of hydrogen-bond acceptors (Lipinski definition) is 5. The number of ether oxygens (including phenoxy) is 1. The summed E-state index contributed by atoms with van der Waals surface area (Å²) >= 11 is 4.78. The minimum Gasteiger partial charge on any atom is -0.389 e. The fourth-order valence-electron chi connectivity index (χ4n) is 1.70. The van der Waals surface area contributed by atoms with Gasteiger partial charge in [0, 0.05) is 13.2 Å². The number of amides is 1. The highest BCUT2D eigenvalue weighted by molar-refractivity contribution is 7.80. The van der Waals surface area contributed by atoms with E-state index in [1.54, 1.807) is 0 Å². The molecule has 0 atom stereocenters. The molecule has 0 aliphatic rings. The Morgan fingerprint density at radius 2 is 2.33 bits per heavy atom. The Balaban J connectivity index is 2.23. The van der Waals surface area contributed by atoms with Crippen molar-refractivity contribution < 1.29 is 18.4 Å². The summed E-state index contributed by atoms with van der Waals surface area (Å²) in [5, 5.41) is 6.10. The molecule has 0 radical (unpaired) electrons. The van der Waals surface area contributed by atoms with E-state index in [1.807, 2.05) is 0 Å². The number of anilines is 1. The van der Waals surface area contributed by atoms with Crippen LogP contribution in [-0.4, -0.2) is 23.2 Å². The fraction of sp³-hybridized carbons (Fsp3) is 0.154. The number of thiocarbonyl (C=S) groups is 1. The largest absolute Gasteiger partial charge is 0.389 e. The number of aromatic nitrogens is 1. The van der Waals surface area contributed by atoms with Gasteiger partial charge in [-0.05, 0) is 12.1 Å². The first-order valence-electron chi connectivity index (χ1n) is 5.87. The molecule has 1 aromatic carbocycles. The summed E-state index contributed by atoms with van der Waals surface area (Å²) < 4.78 is 23.5. The molecule has 0 saturated heterocycles. The highest BCUT2D eigenvalue weighted by Crippen LogP contribution is 2.19. The third kappa shape index (κ3) is 3.41. The van der Waals surface area contributed by atoms with Crippen molar-refractivity contribution in [2.24, 2.45) is 5.73 Å². The number of carbonyl (C=O) groups excluding carboxylic acids is 1. The van der Waals surface area contributed by atoms with E-state index < -0.39 is 11.7 Å². The Hall–Kier alpha value is -2.32. The number of nitrogens with one attached hydrogen (secondary N) is 1. The number of nitrogens with zero attached hydrogens (tertiary/aromatic N) is 1. The van der Waals surface area contributed by atoms with Gasteiger partial charge in [-0.1, -0.05) is 23.4 Å². The van der Waals surface area contributed by atoms with E-state index in [4.69, 9.17) is 27.2 Å². The molecule has 0 unspecified atom stereocenters. The molecule has 0 saturated carbocycles. The third-order valence-electron chi connectivity index (χ3n) is 2.59. The molecular weight excluding hydrogens is 297 g/mol. The number of halogens is 1.